The minimum Gasteiger partial charge on any atom is -0.272 e. The Labute approximate surface area is 105 Å². The second-order valence-corrected chi connectivity index (χ2v) is 4.85. The van der Waals surface area contributed by atoms with Crippen molar-refractivity contribution in [1.82, 2.24) is 19.7 Å². The molecule has 1 saturated carbocycles. The van der Waals surface area contributed by atoms with Crippen molar-refractivity contribution in [2.45, 2.75) is 19.3 Å². The van der Waals surface area contributed by atoms with E-state index in [-0.39, 0.29) is 0 Å². The van der Waals surface area contributed by atoms with Crippen molar-refractivity contribution in [3.05, 3.63) is 29.4 Å². The third kappa shape index (κ3) is 2.05. The monoisotopic (exact) mass is 247 g/mol. The first-order valence-electron chi connectivity index (χ1n) is 5.65. The molecule has 1 fully saturated rings. The molecular formula is C12H12ClN4. The van der Waals surface area contributed by atoms with Crippen LogP contribution < -0.4 is 0 Å². The van der Waals surface area contributed by atoms with Crippen LogP contribution in [0.4, 0.5) is 0 Å². The van der Waals surface area contributed by atoms with Crippen LogP contribution in [0, 0.1) is 12.2 Å². The Morgan fingerprint density at radius 1 is 1.47 bits per heavy atom. The van der Waals surface area contributed by atoms with E-state index < -0.39 is 0 Å². The van der Waals surface area contributed by atoms with E-state index in [0.29, 0.717) is 5.02 Å². The summed E-state index contributed by atoms with van der Waals surface area (Å²) in [4.78, 5) is 7.91. The van der Waals surface area contributed by atoms with Crippen molar-refractivity contribution < 1.29 is 0 Å². The zero-order valence-corrected chi connectivity index (χ0v) is 10.3. The summed E-state index contributed by atoms with van der Waals surface area (Å²) in [5.41, 5.74) is 2.93. The summed E-state index contributed by atoms with van der Waals surface area (Å²) in [7, 11) is 1.96. The number of rotatable bonds is 3. The molecule has 0 N–H and O–H groups in total. The van der Waals surface area contributed by atoms with E-state index in [1.54, 1.807) is 6.20 Å². The highest BCUT2D eigenvalue weighted by Crippen LogP contribution is 2.36. The summed E-state index contributed by atoms with van der Waals surface area (Å²) >= 11 is 6.11. The number of aromatic nitrogens is 4. The van der Waals surface area contributed by atoms with Gasteiger partial charge in [0.1, 0.15) is 0 Å². The molecule has 0 amide bonds. The molecule has 2 aromatic heterocycles. The molecule has 1 aliphatic carbocycles. The largest absolute Gasteiger partial charge is 0.272 e. The lowest BCUT2D eigenvalue weighted by molar-refractivity contribution is 0.677. The predicted molar refractivity (Wildman–Crippen MR) is 64.5 cm³/mol. The average molecular weight is 248 g/mol. The number of hydrogen-bond acceptors (Lipinski definition) is 3. The molecule has 2 aromatic rings. The first-order chi connectivity index (χ1) is 8.25. The average Bonchev–Trinajstić information content (AvgIpc) is 3.06. The van der Waals surface area contributed by atoms with Crippen LogP contribution in [0.2, 0.25) is 5.02 Å². The Hall–Kier alpha value is -1.42. The number of aryl methyl sites for hydroxylation is 1. The zero-order chi connectivity index (χ0) is 11.8. The maximum Gasteiger partial charge on any atom is 0.198 e. The van der Waals surface area contributed by atoms with E-state index in [2.05, 4.69) is 21.4 Å². The molecule has 87 valence electrons. The van der Waals surface area contributed by atoms with E-state index in [1.165, 1.54) is 18.5 Å². The van der Waals surface area contributed by atoms with Gasteiger partial charge in [0.2, 0.25) is 0 Å². The molecule has 0 aromatic carbocycles. The second-order valence-electron chi connectivity index (χ2n) is 4.44. The van der Waals surface area contributed by atoms with Gasteiger partial charge in [0, 0.05) is 18.3 Å². The molecule has 2 heterocycles. The lowest BCUT2D eigenvalue weighted by atomic mass is 10.1. The van der Waals surface area contributed by atoms with E-state index in [1.807, 2.05) is 17.9 Å². The van der Waals surface area contributed by atoms with E-state index in [4.69, 9.17) is 11.6 Å². The summed E-state index contributed by atoms with van der Waals surface area (Å²) in [5.74, 6) is 0.800. The van der Waals surface area contributed by atoms with Crippen LogP contribution in [0.15, 0.2) is 12.4 Å². The van der Waals surface area contributed by atoms with Crippen LogP contribution in [0.3, 0.4) is 0 Å². The van der Waals surface area contributed by atoms with Gasteiger partial charge in [-0.2, -0.15) is 5.10 Å². The maximum atomic E-state index is 6.11. The van der Waals surface area contributed by atoms with Crippen molar-refractivity contribution in [2.24, 2.45) is 13.0 Å². The lowest BCUT2D eigenvalue weighted by Crippen LogP contribution is -2.01. The fourth-order valence-corrected chi connectivity index (χ4v) is 2.16. The van der Waals surface area contributed by atoms with Gasteiger partial charge in [-0.3, -0.25) is 4.68 Å². The number of hydrogen-bond donors (Lipinski definition) is 0. The van der Waals surface area contributed by atoms with Crippen molar-refractivity contribution >= 4 is 11.6 Å². The topological polar surface area (TPSA) is 43.6 Å². The van der Waals surface area contributed by atoms with Gasteiger partial charge in [-0.15, -0.1) is 0 Å². The van der Waals surface area contributed by atoms with Gasteiger partial charge in [-0.1, -0.05) is 11.6 Å². The Balaban J connectivity index is 2.04. The molecule has 5 heteroatoms. The molecule has 0 atom stereocenters. The van der Waals surface area contributed by atoms with Crippen LogP contribution in [0.5, 0.6) is 0 Å². The molecule has 0 spiro atoms. The van der Waals surface area contributed by atoms with Crippen LogP contribution >= 0.6 is 11.6 Å². The standard InChI is InChI=1S/C12H12ClN4/c1-17-11(4-8-2-3-8)9(5-16-17)12-10(13)6-14-7-15-12/h5-6,8H,2-4H2,1H3. The van der Waals surface area contributed by atoms with Crippen molar-refractivity contribution in [3.8, 4) is 11.3 Å². The second kappa shape index (κ2) is 4.11. The molecule has 4 nitrogen and oxygen atoms in total. The number of nitrogens with zero attached hydrogens (tertiary/aromatic N) is 4. The van der Waals surface area contributed by atoms with Crippen molar-refractivity contribution in [2.75, 3.05) is 0 Å². The van der Waals surface area contributed by atoms with Gasteiger partial charge in [-0.25, -0.2) is 9.97 Å². The minimum absolute atomic E-state index is 0.550. The van der Waals surface area contributed by atoms with E-state index in [0.717, 1.165) is 23.6 Å². The lowest BCUT2D eigenvalue weighted by Gasteiger charge is -2.05. The highest BCUT2D eigenvalue weighted by molar-refractivity contribution is 6.32. The number of halogens is 1. The van der Waals surface area contributed by atoms with Gasteiger partial charge in [0.05, 0.1) is 23.1 Å². The molecule has 3 rings (SSSR count). The van der Waals surface area contributed by atoms with E-state index in [9.17, 15) is 0 Å². The molecule has 0 unspecified atom stereocenters. The Morgan fingerprint density at radius 2 is 2.29 bits per heavy atom. The summed E-state index contributed by atoms with van der Waals surface area (Å²) in [6.07, 6.45) is 9.65. The maximum absolute atomic E-state index is 6.11. The molecule has 0 aliphatic heterocycles. The van der Waals surface area contributed by atoms with Gasteiger partial charge >= 0.3 is 0 Å². The van der Waals surface area contributed by atoms with Gasteiger partial charge < -0.3 is 0 Å². The smallest absolute Gasteiger partial charge is 0.198 e. The third-order valence-corrected chi connectivity index (χ3v) is 3.40. The highest BCUT2D eigenvalue weighted by atomic mass is 35.5. The van der Waals surface area contributed by atoms with Crippen molar-refractivity contribution in [1.29, 1.82) is 0 Å². The van der Waals surface area contributed by atoms with Gasteiger partial charge in [0.25, 0.3) is 0 Å². The fraction of sp³-hybridized carbons (Fsp3) is 0.417. The first-order valence-corrected chi connectivity index (χ1v) is 6.03. The van der Waals surface area contributed by atoms with Gasteiger partial charge in [0.15, 0.2) is 6.33 Å². The van der Waals surface area contributed by atoms with Crippen LogP contribution in [0.1, 0.15) is 18.5 Å². The normalized spacial score (nSPS) is 15.2. The van der Waals surface area contributed by atoms with Crippen LogP contribution in [0.25, 0.3) is 11.3 Å². The van der Waals surface area contributed by atoms with Crippen LogP contribution in [-0.2, 0) is 13.5 Å². The molecule has 1 radical (unpaired) electrons. The summed E-state index contributed by atoms with van der Waals surface area (Å²) < 4.78 is 1.91. The Morgan fingerprint density at radius 3 is 3.00 bits per heavy atom. The van der Waals surface area contributed by atoms with Crippen LogP contribution in [-0.4, -0.2) is 19.7 Å². The molecule has 17 heavy (non-hydrogen) atoms. The third-order valence-electron chi connectivity index (χ3n) is 3.12. The zero-order valence-electron chi connectivity index (χ0n) is 9.52. The highest BCUT2D eigenvalue weighted by Gasteiger charge is 2.25. The quantitative estimate of drug-likeness (QED) is 0.836. The molecule has 0 saturated heterocycles. The predicted octanol–water partition coefficient (Wildman–Crippen LogP) is 2.28. The van der Waals surface area contributed by atoms with Crippen molar-refractivity contribution in [3.63, 3.8) is 0 Å². The van der Waals surface area contributed by atoms with E-state index >= 15 is 0 Å². The SMILES string of the molecule is Cn1ncc(-c2n[c]ncc2Cl)c1CC1CC1. The Bertz CT molecular complexity index is 545. The Kier molecular flexibility index (Phi) is 2.59. The van der Waals surface area contributed by atoms with Gasteiger partial charge in [-0.05, 0) is 25.2 Å². The molecule has 1 aliphatic rings. The fourth-order valence-electron chi connectivity index (χ4n) is 1.97. The summed E-state index contributed by atoms with van der Waals surface area (Å²) in [6.45, 7) is 0. The summed E-state index contributed by atoms with van der Waals surface area (Å²) in [6, 6.07) is 0. The molecule has 0 bridgehead atoms. The molecular weight excluding hydrogens is 236 g/mol. The minimum atomic E-state index is 0.550. The summed E-state index contributed by atoms with van der Waals surface area (Å²) in [5, 5.41) is 4.85. The first kappa shape index (κ1) is 10.7.